The summed E-state index contributed by atoms with van der Waals surface area (Å²) in [6.07, 6.45) is 5.46. The highest BCUT2D eigenvalue weighted by molar-refractivity contribution is 7.15. The van der Waals surface area contributed by atoms with Crippen LogP contribution in [0.4, 0.5) is 5.13 Å². The number of ether oxygens (including phenoxy) is 1. The van der Waals surface area contributed by atoms with E-state index < -0.39 is 0 Å². The van der Waals surface area contributed by atoms with Crippen molar-refractivity contribution in [2.45, 2.75) is 45.4 Å². The summed E-state index contributed by atoms with van der Waals surface area (Å²) in [6, 6.07) is 7.75. The Kier molecular flexibility index (Phi) is 7.00. The van der Waals surface area contributed by atoms with Crippen LogP contribution in [-0.2, 0) is 17.6 Å². The van der Waals surface area contributed by atoms with Gasteiger partial charge in [-0.2, -0.15) is 0 Å². The summed E-state index contributed by atoms with van der Waals surface area (Å²) in [5.74, 6) is 0.765. The molecule has 1 aromatic carbocycles. The van der Waals surface area contributed by atoms with Crippen LogP contribution in [0, 0.1) is 0 Å². The number of methoxy groups -OCH3 is 1. The zero-order valence-electron chi connectivity index (χ0n) is 13.7. The number of unbranched alkanes of at least 4 members (excludes halogenated alkanes) is 2. The van der Waals surface area contributed by atoms with Gasteiger partial charge in [0, 0.05) is 12.8 Å². The van der Waals surface area contributed by atoms with E-state index in [1.54, 1.807) is 7.11 Å². The summed E-state index contributed by atoms with van der Waals surface area (Å²) in [6.45, 7) is 2.17. The van der Waals surface area contributed by atoms with Crippen LogP contribution in [0.5, 0.6) is 5.75 Å². The molecule has 0 aliphatic heterocycles. The van der Waals surface area contributed by atoms with E-state index in [9.17, 15) is 4.79 Å². The first kappa shape index (κ1) is 17.4. The number of carbonyl (C=O) groups excluding carboxylic acids is 1. The average Bonchev–Trinajstić information content (AvgIpc) is 3.00. The monoisotopic (exact) mass is 333 g/mol. The van der Waals surface area contributed by atoms with Crippen molar-refractivity contribution >= 4 is 22.4 Å². The molecule has 1 N–H and O–H groups in total. The zero-order valence-corrected chi connectivity index (χ0v) is 14.5. The van der Waals surface area contributed by atoms with Crippen molar-refractivity contribution in [3.63, 3.8) is 0 Å². The molecule has 1 amide bonds. The average molecular weight is 333 g/mol. The number of rotatable bonds is 9. The molecule has 1 aromatic heterocycles. The molecule has 0 atom stereocenters. The van der Waals surface area contributed by atoms with Crippen molar-refractivity contribution in [3.05, 3.63) is 34.8 Å². The molecule has 2 aromatic rings. The molecule has 0 spiro atoms. The van der Waals surface area contributed by atoms with Gasteiger partial charge in [-0.15, -0.1) is 10.2 Å². The van der Waals surface area contributed by atoms with Crippen molar-refractivity contribution < 1.29 is 9.53 Å². The van der Waals surface area contributed by atoms with Crippen molar-refractivity contribution in [2.24, 2.45) is 0 Å². The van der Waals surface area contributed by atoms with Crippen molar-refractivity contribution in [2.75, 3.05) is 12.4 Å². The number of nitrogens with zero attached hydrogens (tertiary/aromatic N) is 2. The number of hydrogen-bond donors (Lipinski definition) is 1. The lowest BCUT2D eigenvalue weighted by molar-refractivity contribution is -0.116. The van der Waals surface area contributed by atoms with Crippen molar-refractivity contribution in [1.82, 2.24) is 10.2 Å². The Morgan fingerprint density at radius 1 is 1.22 bits per heavy atom. The fourth-order valence-electron chi connectivity index (χ4n) is 2.27. The maximum atomic E-state index is 12.0. The Bertz CT molecular complexity index is 628. The summed E-state index contributed by atoms with van der Waals surface area (Å²) < 4.78 is 5.29. The van der Waals surface area contributed by atoms with Crippen molar-refractivity contribution in [1.29, 1.82) is 0 Å². The third kappa shape index (κ3) is 5.63. The number of aryl methyl sites for hydroxylation is 2. The minimum Gasteiger partial charge on any atom is -0.496 e. The quantitative estimate of drug-likeness (QED) is 0.708. The number of carbonyl (C=O) groups is 1. The van der Waals surface area contributed by atoms with E-state index >= 15 is 0 Å². The second-order valence-corrected chi connectivity index (χ2v) is 6.38. The Labute approximate surface area is 141 Å². The van der Waals surface area contributed by atoms with Gasteiger partial charge in [0.2, 0.25) is 11.0 Å². The predicted molar refractivity (Wildman–Crippen MR) is 93.1 cm³/mol. The molecule has 0 unspecified atom stereocenters. The number of benzene rings is 1. The summed E-state index contributed by atoms with van der Waals surface area (Å²) in [7, 11) is 1.64. The first-order valence-corrected chi connectivity index (χ1v) is 8.78. The number of nitrogens with one attached hydrogen (secondary N) is 1. The van der Waals surface area contributed by atoms with Crippen LogP contribution in [0.25, 0.3) is 0 Å². The largest absolute Gasteiger partial charge is 0.496 e. The molecule has 124 valence electrons. The van der Waals surface area contributed by atoms with E-state index in [-0.39, 0.29) is 5.91 Å². The van der Waals surface area contributed by atoms with E-state index in [1.807, 2.05) is 24.3 Å². The molecule has 0 fully saturated rings. The van der Waals surface area contributed by atoms with Gasteiger partial charge in [-0.05, 0) is 24.5 Å². The van der Waals surface area contributed by atoms with Gasteiger partial charge in [-0.3, -0.25) is 4.79 Å². The molecule has 23 heavy (non-hydrogen) atoms. The number of para-hydroxylation sites is 1. The first-order valence-electron chi connectivity index (χ1n) is 7.97. The minimum atomic E-state index is -0.0489. The second kappa shape index (κ2) is 9.25. The van der Waals surface area contributed by atoms with Gasteiger partial charge in [-0.25, -0.2) is 0 Å². The molecule has 0 saturated carbocycles. The number of amides is 1. The molecule has 0 radical (unpaired) electrons. The summed E-state index contributed by atoms with van der Waals surface area (Å²) >= 11 is 1.46. The number of anilines is 1. The van der Waals surface area contributed by atoms with Crippen LogP contribution in [0.15, 0.2) is 24.3 Å². The van der Waals surface area contributed by atoms with E-state index in [2.05, 4.69) is 22.4 Å². The molecule has 5 nitrogen and oxygen atoms in total. The Hall–Kier alpha value is -1.95. The lowest BCUT2D eigenvalue weighted by atomic mass is 10.1. The highest BCUT2D eigenvalue weighted by Gasteiger charge is 2.10. The van der Waals surface area contributed by atoms with Crippen LogP contribution in [0.3, 0.4) is 0 Å². The van der Waals surface area contributed by atoms with Gasteiger partial charge in [-0.1, -0.05) is 49.3 Å². The van der Waals surface area contributed by atoms with Gasteiger partial charge in [0.25, 0.3) is 0 Å². The lowest BCUT2D eigenvalue weighted by Gasteiger charge is -2.07. The Morgan fingerprint density at radius 2 is 2.04 bits per heavy atom. The molecule has 0 aliphatic carbocycles. The summed E-state index contributed by atoms with van der Waals surface area (Å²) in [5, 5.41) is 12.6. The standard InChI is InChI=1S/C17H23N3O2S/c1-3-4-5-10-16-19-20-17(23-16)18-15(21)12-11-13-8-6-7-9-14(13)22-2/h6-9H,3-5,10-12H2,1-2H3,(H,18,20,21). The molecule has 1 heterocycles. The highest BCUT2D eigenvalue weighted by Crippen LogP contribution is 2.20. The van der Waals surface area contributed by atoms with Crippen LogP contribution < -0.4 is 10.1 Å². The first-order chi connectivity index (χ1) is 11.2. The third-order valence-electron chi connectivity index (χ3n) is 3.52. The SMILES string of the molecule is CCCCCc1nnc(NC(=O)CCc2ccccc2OC)s1. The lowest BCUT2D eigenvalue weighted by Crippen LogP contribution is -2.12. The van der Waals surface area contributed by atoms with E-state index in [1.165, 1.54) is 24.2 Å². The smallest absolute Gasteiger partial charge is 0.226 e. The maximum absolute atomic E-state index is 12.0. The van der Waals surface area contributed by atoms with Gasteiger partial charge >= 0.3 is 0 Å². The minimum absolute atomic E-state index is 0.0489. The Morgan fingerprint density at radius 3 is 2.83 bits per heavy atom. The number of aromatic nitrogens is 2. The van der Waals surface area contributed by atoms with Crippen molar-refractivity contribution in [3.8, 4) is 5.75 Å². The van der Waals surface area contributed by atoms with Crippen LogP contribution in [0.1, 0.15) is 43.2 Å². The fourth-order valence-corrected chi connectivity index (χ4v) is 3.07. The van der Waals surface area contributed by atoms with Gasteiger partial charge in [0.05, 0.1) is 7.11 Å². The fraction of sp³-hybridized carbons (Fsp3) is 0.471. The van der Waals surface area contributed by atoms with Gasteiger partial charge in [0.1, 0.15) is 10.8 Å². The van der Waals surface area contributed by atoms with E-state index in [0.29, 0.717) is 18.0 Å². The molecule has 6 heteroatoms. The third-order valence-corrected chi connectivity index (χ3v) is 4.42. The van der Waals surface area contributed by atoms with Crippen LogP contribution in [0.2, 0.25) is 0 Å². The predicted octanol–water partition coefficient (Wildman–Crippen LogP) is 3.85. The summed E-state index contributed by atoms with van der Waals surface area (Å²) in [4.78, 5) is 12.0. The second-order valence-electron chi connectivity index (χ2n) is 5.32. The van der Waals surface area contributed by atoms with Gasteiger partial charge < -0.3 is 10.1 Å². The maximum Gasteiger partial charge on any atom is 0.226 e. The normalized spacial score (nSPS) is 10.5. The van der Waals surface area contributed by atoms with Gasteiger partial charge in [0.15, 0.2) is 0 Å². The summed E-state index contributed by atoms with van der Waals surface area (Å²) in [5.41, 5.74) is 1.03. The van der Waals surface area contributed by atoms with E-state index in [0.717, 1.165) is 29.2 Å². The van der Waals surface area contributed by atoms with Crippen LogP contribution >= 0.6 is 11.3 Å². The van der Waals surface area contributed by atoms with Crippen LogP contribution in [-0.4, -0.2) is 23.2 Å². The molecule has 0 aliphatic rings. The number of hydrogen-bond acceptors (Lipinski definition) is 5. The molecular weight excluding hydrogens is 310 g/mol. The highest BCUT2D eigenvalue weighted by atomic mass is 32.1. The molecule has 2 rings (SSSR count). The van der Waals surface area contributed by atoms with E-state index in [4.69, 9.17) is 4.74 Å². The Balaban J connectivity index is 1.80. The molecule has 0 saturated heterocycles. The molecule has 0 bridgehead atoms. The molecular formula is C17H23N3O2S. The topological polar surface area (TPSA) is 64.1 Å². The zero-order chi connectivity index (χ0) is 16.5.